The third-order valence-electron chi connectivity index (χ3n) is 5.19. The number of nitrogens with one attached hydrogen (secondary N) is 1. The number of alkyl halides is 3. The van der Waals surface area contributed by atoms with Crippen molar-refractivity contribution in [3.63, 3.8) is 0 Å². The van der Waals surface area contributed by atoms with Gasteiger partial charge in [-0.25, -0.2) is 9.36 Å². The Morgan fingerprint density at radius 3 is 2.37 bits per heavy atom. The summed E-state index contributed by atoms with van der Waals surface area (Å²) in [5.41, 5.74) is -2.14. The number of phosphoric acid groups is 1. The first-order valence-corrected chi connectivity index (χ1v) is 14.7. The number of benzene rings is 2. The highest BCUT2D eigenvalue weighted by atomic mass is 35.5. The average molecular weight is 642 g/mol. The van der Waals surface area contributed by atoms with E-state index in [0.717, 1.165) is 30.2 Å². The number of hydrogen-bond donors (Lipinski definition) is 3. The fourth-order valence-corrected chi connectivity index (χ4v) is 4.84. The summed E-state index contributed by atoms with van der Waals surface area (Å²) < 4.78 is 71.0. The Bertz CT molecular complexity index is 1280. The maximum Gasteiger partial charge on any atom is 0.524 e. The maximum absolute atomic E-state index is 13.3. The lowest BCUT2D eigenvalue weighted by atomic mass is 9.93. The normalized spacial score (nSPS) is 14.0. The molecule has 0 aliphatic rings. The van der Waals surface area contributed by atoms with Crippen LogP contribution >= 0.6 is 31.2 Å². The van der Waals surface area contributed by atoms with Gasteiger partial charge in [0, 0.05) is 17.0 Å². The number of ether oxygens (including phenoxy) is 3. The van der Waals surface area contributed by atoms with Gasteiger partial charge in [-0.3, -0.25) is 9.79 Å². The Hall–Kier alpha value is -2.41. The highest BCUT2D eigenvalue weighted by Crippen LogP contribution is 2.41. The number of amides is 1. The number of rotatable bonds is 12. The van der Waals surface area contributed by atoms with Gasteiger partial charge in [-0.05, 0) is 82.5 Å². The average Bonchev–Trinajstić information content (AvgIpc) is 2.80. The van der Waals surface area contributed by atoms with Crippen LogP contribution in [0.15, 0.2) is 58.5 Å². The first-order chi connectivity index (χ1) is 18.8. The molecular weight excluding hydrogens is 610 g/mol. The molecule has 0 aromatic heterocycles. The van der Waals surface area contributed by atoms with Gasteiger partial charge >= 0.3 is 20.1 Å². The number of methoxy groups -OCH3 is 1. The summed E-state index contributed by atoms with van der Waals surface area (Å²) in [6.07, 6.45) is -2.71. The van der Waals surface area contributed by atoms with Gasteiger partial charge in [-0.1, -0.05) is 29.4 Å². The first kappa shape index (κ1) is 34.8. The van der Waals surface area contributed by atoms with Crippen LogP contribution in [-0.2, 0) is 31.2 Å². The second-order valence-electron chi connectivity index (χ2n) is 10.0. The van der Waals surface area contributed by atoms with Crippen molar-refractivity contribution in [2.45, 2.75) is 67.6 Å². The summed E-state index contributed by atoms with van der Waals surface area (Å²) in [7, 11) is -3.40. The lowest BCUT2D eigenvalue weighted by Crippen LogP contribution is -2.47. The van der Waals surface area contributed by atoms with Crippen LogP contribution < -0.4 is 10.1 Å². The molecule has 41 heavy (non-hydrogen) atoms. The maximum atomic E-state index is 13.3. The van der Waals surface area contributed by atoms with E-state index in [0.29, 0.717) is 21.9 Å². The molecule has 2 aromatic rings. The van der Waals surface area contributed by atoms with Crippen LogP contribution in [0.4, 0.5) is 18.0 Å². The van der Waals surface area contributed by atoms with Crippen LogP contribution in [0, 0.1) is 0 Å². The number of carbonyl (C=O) groups is 1. The van der Waals surface area contributed by atoms with Gasteiger partial charge in [-0.2, -0.15) is 13.2 Å². The van der Waals surface area contributed by atoms with Gasteiger partial charge in [0.1, 0.15) is 11.4 Å². The number of halogens is 4. The zero-order chi connectivity index (χ0) is 31.1. The second-order valence-corrected chi connectivity index (χ2v) is 12.7. The van der Waals surface area contributed by atoms with E-state index in [1.807, 2.05) is 0 Å². The lowest BCUT2D eigenvalue weighted by molar-refractivity contribution is -0.137. The monoisotopic (exact) mass is 641 g/mol. The summed E-state index contributed by atoms with van der Waals surface area (Å²) in [5.74, 6) is 0.207. The molecule has 0 radical (unpaired) electrons. The minimum absolute atomic E-state index is 0.150. The van der Waals surface area contributed by atoms with Crippen LogP contribution in [0.2, 0.25) is 5.02 Å². The smallest absolute Gasteiger partial charge is 0.466 e. The molecule has 0 bridgehead atoms. The number of alkyl carbamates (subject to hydrolysis) is 1. The zero-order valence-electron chi connectivity index (χ0n) is 23.0. The van der Waals surface area contributed by atoms with E-state index in [1.165, 1.54) is 19.3 Å². The minimum Gasteiger partial charge on any atom is -0.466 e. The molecule has 0 aliphatic heterocycles. The third-order valence-corrected chi connectivity index (χ3v) is 6.97. The molecule has 1 atom stereocenters. The van der Waals surface area contributed by atoms with Crippen LogP contribution in [0.1, 0.15) is 45.2 Å². The van der Waals surface area contributed by atoms with E-state index in [2.05, 4.69) is 9.84 Å². The van der Waals surface area contributed by atoms with Crippen molar-refractivity contribution in [3.8, 4) is 5.75 Å². The molecule has 2 rings (SSSR count). The molecule has 1 amide bonds. The summed E-state index contributed by atoms with van der Waals surface area (Å²) in [4.78, 5) is 31.1. The minimum atomic E-state index is -4.79. The van der Waals surface area contributed by atoms with Gasteiger partial charge in [0.2, 0.25) is 0 Å². The first-order valence-electron chi connectivity index (χ1n) is 12.0. The number of hydrogen-bond acceptors (Lipinski definition) is 7. The Balaban J connectivity index is 2.26. The Morgan fingerprint density at radius 2 is 1.80 bits per heavy atom. The predicted octanol–water partition coefficient (Wildman–Crippen LogP) is 7.33. The molecule has 0 unspecified atom stereocenters. The fraction of sp³-hybridized carbons (Fsp3) is 0.423. The number of aryl methyl sites for hydroxylation is 1. The van der Waals surface area contributed by atoms with Crippen LogP contribution in [-0.4, -0.2) is 40.9 Å². The van der Waals surface area contributed by atoms with Gasteiger partial charge in [0.25, 0.3) is 0 Å². The zero-order valence-corrected chi connectivity index (χ0v) is 25.4. The number of carbonyl (C=O) groups excluding carboxylic acids is 1. The number of phosphoric ester groups is 1. The molecular formula is C26H32ClF3NO8PS. The molecule has 228 valence electrons. The van der Waals surface area contributed by atoms with Crippen LogP contribution in [0.3, 0.4) is 0 Å². The van der Waals surface area contributed by atoms with Gasteiger partial charge in [0.05, 0.1) is 22.3 Å². The molecule has 0 fully saturated rings. The van der Waals surface area contributed by atoms with E-state index < -0.39 is 36.8 Å². The van der Waals surface area contributed by atoms with Crippen LogP contribution in [0.25, 0.3) is 0 Å². The van der Waals surface area contributed by atoms with E-state index in [-0.39, 0.29) is 23.9 Å². The fourth-order valence-electron chi connectivity index (χ4n) is 3.31. The van der Waals surface area contributed by atoms with Crippen molar-refractivity contribution >= 4 is 37.3 Å². The summed E-state index contributed by atoms with van der Waals surface area (Å²) in [6, 6.07) is 8.09. The molecule has 0 spiro atoms. The van der Waals surface area contributed by atoms with Crippen molar-refractivity contribution in [1.29, 1.82) is 0 Å². The van der Waals surface area contributed by atoms with Crippen LogP contribution in [0.5, 0.6) is 5.75 Å². The van der Waals surface area contributed by atoms with E-state index in [9.17, 15) is 22.5 Å². The van der Waals surface area contributed by atoms with Gasteiger partial charge in [-0.15, -0.1) is 0 Å². The van der Waals surface area contributed by atoms with Crippen molar-refractivity contribution in [1.82, 2.24) is 5.32 Å². The van der Waals surface area contributed by atoms with Crippen molar-refractivity contribution in [2.75, 3.05) is 13.9 Å². The molecule has 0 saturated heterocycles. The summed E-state index contributed by atoms with van der Waals surface area (Å²) >= 11 is 7.53. The standard InChI is InChI=1S/C26H32ClF3NO8PS/c1-24(2,3)39-23(32)31-25(4,12-13-38-40(33,34)35)11-10-17-6-8-19(15-20(17)27)41-22-14-18(26(28,29)30)7-9-21(22)37-16-36-5/h6-9,12-15H,10-11,16H2,1-5H3,(H,31,32)(H2,33,34,35)/t25-/m0/s1. The predicted molar refractivity (Wildman–Crippen MR) is 148 cm³/mol. The molecule has 15 heteroatoms. The lowest BCUT2D eigenvalue weighted by Gasteiger charge is -2.29. The van der Waals surface area contributed by atoms with Crippen molar-refractivity contribution < 1.29 is 51.1 Å². The largest absolute Gasteiger partial charge is 0.524 e. The highest BCUT2D eigenvalue weighted by Gasteiger charge is 2.31. The second kappa shape index (κ2) is 14.2. The Labute approximate surface area is 245 Å². The summed E-state index contributed by atoms with van der Waals surface area (Å²) in [6.45, 7) is 6.50. The molecule has 0 saturated carbocycles. The highest BCUT2D eigenvalue weighted by molar-refractivity contribution is 7.99. The molecule has 0 aliphatic carbocycles. The molecule has 3 N–H and O–H groups in total. The molecule has 2 aromatic carbocycles. The molecule has 0 heterocycles. The topological polar surface area (TPSA) is 124 Å². The van der Waals surface area contributed by atoms with E-state index >= 15 is 0 Å². The quantitative estimate of drug-likeness (QED) is 0.124. The Kier molecular flexibility index (Phi) is 12.0. The van der Waals surface area contributed by atoms with Crippen molar-refractivity contribution in [3.05, 3.63) is 64.9 Å². The van der Waals surface area contributed by atoms with E-state index in [4.69, 9.17) is 35.6 Å². The SMILES string of the molecule is COCOc1ccc(C(F)(F)F)cc1Sc1ccc(CC[C@@](C)(C=COP(=O)(O)O)NC(=O)OC(C)(C)C)c(Cl)c1. The van der Waals surface area contributed by atoms with Crippen molar-refractivity contribution in [2.24, 2.45) is 0 Å². The third kappa shape index (κ3) is 12.6. The summed E-state index contributed by atoms with van der Waals surface area (Å²) in [5, 5.41) is 2.98. The Morgan fingerprint density at radius 1 is 1.12 bits per heavy atom. The van der Waals surface area contributed by atoms with E-state index in [1.54, 1.807) is 45.9 Å². The molecule has 9 nitrogen and oxygen atoms in total. The van der Waals surface area contributed by atoms with Gasteiger partial charge < -0.3 is 24.1 Å². The van der Waals surface area contributed by atoms with Gasteiger partial charge in [0.15, 0.2) is 6.79 Å².